The molecule has 0 saturated carbocycles. The summed E-state index contributed by atoms with van der Waals surface area (Å²) in [4.78, 5) is 22.2. The molecule has 0 N–H and O–H groups in total. The van der Waals surface area contributed by atoms with E-state index in [4.69, 9.17) is 0 Å². The van der Waals surface area contributed by atoms with Crippen LogP contribution in [0, 0.1) is 13.8 Å². The molecular formula is C19H18F3N5O. The molecule has 3 aromatic rings. The van der Waals surface area contributed by atoms with Crippen molar-refractivity contribution in [1.29, 1.82) is 0 Å². The van der Waals surface area contributed by atoms with Crippen LogP contribution in [0.3, 0.4) is 0 Å². The lowest BCUT2D eigenvalue weighted by atomic mass is 9.99. The maximum absolute atomic E-state index is 12.9. The van der Waals surface area contributed by atoms with Crippen molar-refractivity contribution in [2.45, 2.75) is 39.4 Å². The maximum atomic E-state index is 12.9. The van der Waals surface area contributed by atoms with Crippen LogP contribution in [0.4, 0.5) is 13.2 Å². The molecule has 0 bridgehead atoms. The van der Waals surface area contributed by atoms with Crippen molar-refractivity contribution >= 4 is 11.7 Å². The van der Waals surface area contributed by atoms with Crippen LogP contribution in [0.1, 0.15) is 33.9 Å². The average molecular weight is 389 g/mol. The number of carbonyl (C=O) groups excluding carboxylic acids is 1. The molecule has 6 nitrogen and oxygen atoms in total. The molecule has 0 unspecified atom stereocenters. The second kappa shape index (κ2) is 6.57. The molecule has 0 saturated heterocycles. The molecule has 2 aromatic heterocycles. The number of aromatic nitrogens is 4. The van der Waals surface area contributed by atoms with Crippen LogP contribution in [0.2, 0.25) is 0 Å². The Morgan fingerprint density at radius 1 is 1.14 bits per heavy atom. The van der Waals surface area contributed by atoms with E-state index in [-0.39, 0.29) is 18.1 Å². The molecule has 3 heterocycles. The number of fused-ring (bicyclic) bond motifs is 2. The number of aryl methyl sites for hydroxylation is 2. The molecule has 1 aromatic carbocycles. The van der Waals surface area contributed by atoms with Gasteiger partial charge in [-0.05, 0) is 31.4 Å². The van der Waals surface area contributed by atoms with Crippen LogP contribution in [-0.4, -0.2) is 36.9 Å². The molecule has 1 aliphatic heterocycles. The van der Waals surface area contributed by atoms with Crippen LogP contribution in [0.5, 0.6) is 0 Å². The van der Waals surface area contributed by atoms with Crippen molar-refractivity contribution in [2.24, 2.45) is 0 Å². The van der Waals surface area contributed by atoms with Gasteiger partial charge in [-0.3, -0.25) is 4.79 Å². The van der Waals surface area contributed by atoms with Crippen LogP contribution in [0.25, 0.3) is 5.78 Å². The van der Waals surface area contributed by atoms with Crippen LogP contribution < -0.4 is 0 Å². The zero-order valence-electron chi connectivity index (χ0n) is 15.4. The lowest BCUT2D eigenvalue weighted by Gasteiger charge is -2.29. The van der Waals surface area contributed by atoms with E-state index in [2.05, 4.69) is 21.1 Å². The number of carbonyl (C=O) groups is 1. The molecule has 28 heavy (non-hydrogen) atoms. The first-order chi connectivity index (χ1) is 13.2. The van der Waals surface area contributed by atoms with Crippen LogP contribution in [-0.2, 0) is 30.4 Å². The summed E-state index contributed by atoms with van der Waals surface area (Å²) in [6, 6.07) is 8.00. The molecule has 9 heteroatoms. The number of hydrogen-bond donors (Lipinski definition) is 0. The van der Waals surface area contributed by atoms with Gasteiger partial charge in [-0.15, -0.1) is 5.10 Å². The second-order valence-corrected chi connectivity index (χ2v) is 6.92. The fraction of sp³-hybridized carbons (Fsp3) is 0.368. The number of alkyl halides is 3. The van der Waals surface area contributed by atoms with E-state index in [1.807, 2.05) is 18.2 Å². The number of hydrogen-bond acceptors (Lipinski definition) is 4. The van der Waals surface area contributed by atoms with E-state index >= 15 is 0 Å². The molecule has 4 rings (SSSR count). The van der Waals surface area contributed by atoms with Gasteiger partial charge in [0.05, 0.1) is 6.42 Å². The summed E-state index contributed by atoms with van der Waals surface area (Å²) in [5.41, 5.74) is 3.86. The zero-order valence-corrected chi connectivity index (χ0v) is 15.4. The maximum Gasteiger partial charge on any atom is 0.453 e. The Kier molecular flexibility index (Phi) is 4.32. The standard InChI is InChI=1S/C19H18F3N5O/c1-11-15(12(2)27-18(23-11)24-17(25-27)19(20,21)22)9-16(28)26-8-7-13-5-3-4-6-14(13)10-26/h3-6H,7-10H2,1-2H3. The average Bonchev–Trinajstić information content (AvgIpc) is 3.09. The van der Waals surface area contributed by atoms with E-state index in [1.54, 1.807) is 18.7 Å². The normalized spacial score (nSPS) is 14.4. The first kappa shape index (κ1) is 18.4. The first-order valence-corrected chi connectivity index (χ1v) is 8.88. The minimum absolute atomic E-state index is 0.0595. The summed E-state index contributed by atoms with van der Waals surface area (Å²) < 4.78 is 39.8. The predicted molar refractivity (Wildman–Crippen MR) is 94.5 cm³/mol. The highest BCUT2D eigenvalue weighted by Crippen LogP contribution is 2.27. The van der Waals surface area contributed by atoms with Gasteiger partial charge in [-0.1, -0.05) is 24.3 Å². The lowest BCUT2D eigenvalue weighted by Crippen LogP contribution is -2.37. The zero-order chi connectivity index (χ0) is 20.1. The quantitative estimate of drug-likeness (QED) is 0.676. The minimum atomic E-state index is -4.65. The molecular weight excluding hydrogens is 371 g/mol. The van der Waals surface area contributed by atoms with Crippen molar-refractivity contribution in [2.75, 3.05) is 6.54 Å². The third kappa shape index (κ3) is 3.21. The Morgan fingerprint density at radius 3 is 2.57 bits per heavy atom. The molecule has 0 radical (unpaired) electrons. The summed E-state index contributed by atoms with van der Waals surface area (Å²) in [5, 5.41) is 3.53. The highest BCUT2D eigenvalue weighted by Gasteiger charge is 2.37. The summed E-state index contributed by atoms with van der Waals surface area (Å²) in [6.07, 6.45) is -3.80. The van der Waals surface area contributed by atoms with Gasteiger partial charge in [0.1, 0.15) is 0 Å². The fourth-order valence-corrected chi connectivity index (χ4v) is 3.56. The number of halogens is 3. The van der Waals surface area contributed by atoms with Gasteiger partial charge in [0, 0.05) is 30.0 Å². The van der Waals surface area contributed by atoms with Gasteiger partial charge >= 0.3 is 6.18 Å². The third-order valence-electron chi connectivity index (χ3n) is 5.11. The largest absolute Gasteiger partial charge is 0.453 e. The SMILES string of the molecule is Cc1nc2nc(C(F)(F)F)nn2c(C)c1CC(=O)N1CCc2ccccc2C1. The van der Waals surface area contributed by atoms with Gasteiger partial charge < -0.3 is 4.90 Å². The van der Waals surface area contributed by atoms with Gasteiger partial charge in [-0.25, -0.2) is 9.50 Å². The van der Waals surface area contributed by atoms with Gasteiger partial charge in [0.25, 0.3) is 11.6 Å². The van der Waals surface area contributed by atoms with Crippen LogP contribution in [0.15, 0.2) is 24.3 Å². The van der Waals surface area contributed by atoms with E-state index in [1.165, 1.54) is 5.56 Å². The van der Waals surface area contributed by atoms with E-state index in [0.717, 1.165) is 16.5 Å². The summed E-state index contributed by atoms with van der Waals surface area (Å²) >= 11 is 0. The van der Waals surface area contributed by atoms with Crippen molar-refractivity contribution < 1.29 is 18.0 Å². The number of benzene rings is 1. The van der Waals surface area contributed by atoms with Crippen molar-refractivity contribution in [3.05, 3.63) is 58.2 Å². The Labute approximate surface area is 159 Å². The third-order valence-corrected chi connectivity index (χ3v) is 5.11. The monoisotopic (exact) mass is 389 g/mol. The highest BCUT2D eigenvalue weighted by molar-refractivity contribution is 5.79. The summed E-state index contributed by atoms with van der Waals surface area (Å²) in [6.45, 7) is 4.45. The van der Waals surface area contributed by atoms with E-state index in [0.29, 0.717) is 30.0 Å². The van der Waals surface area contributed by atoms with Crippen molar-refractivity contribution in [1.82, 2.24) is 24.5 Å². The molecule has 146 valence electrons. The van der Waals surface area contributed by atoms with E-state index < -0.39 is 12.0 Å². The first-order valence-electron chi connectivity index (χ1n) is 8.88. The van der Waals surface area contributed by atoms with Gasteiger partial charge in [0.2, 0.25) is 5.91 Å². The topological polar surface area (TPSA) is 63.4 Å². The molecule has 0 fully saturated rings. The highest BCUT2D eigenvalue weighted by atomic mass is 19.4. The van der Waals surface area contributed by atoms with Crippen molar-refractivity contribution in [3.63, 3.8) is 0 Å². The van der Waals surface area contributed by atoms with Gasteiger partial charge in [-0.2, -0.15) is 18.2 Å². The molecule has 1 amide bonds. The smallest absolute Gasteiger partial charge is 0.338 e. The molecule has 1 aliphatic rings. The lowest BCUT2D eigenvalue weighted by molar-refractivity contribution is -0.144. The number of nitrogens with zero attached hydrogens (tertiary/aromatic N) is 5. The molecule has 0 atom stereocenters. The molecule has 0 spiro atoms. The van der Waals surface area contributed by atoms with Crippen molar-refractivity contribution in [3.8, 4) is 0 Å². The number of rotatable bonds is 2. The number of amides is 1. The minimum Gasteiger partial charge on any atom is -0.338 e. The predicted octanol–water partition coefficient (Wildman–Crippen LogP) is 2.89. The van der Waals surface area contributed by atoms with Gasteiger partial charge in [0.15, 0.2) is 0 Å². The Bertz CT molecular complexity index is 1070. The van der Waals surface area contributed by atoms with E-state index in [9.17, 15) is 18.0 Å². The Balaban J connectivity index is 1.62. The summed E-state index contributed by atoms with van der Waals surface area (Å²) in [7, 11) is 0. The van der Waals surface area contributed by atoms with Crippen LogP contribution >= 0.6 is 0 Å². The fourth-order valence-electron chi connectivity index (χ4n) is 3.56. The molecule has 0 aliphatic carbocycles. The Hall–Kier alpha value is -2.97. The Morgan fingerprint density at radius 2 is 1.86 bits per heavy atom. The summed E-state index contributed by atoms with van der Waals surface area (Å²) in [5.74, 6) is -1.44. The second-order valence-electron chi connectivity index (χ2n) is 6.92.